The van der Waals surface area contributed by atoms with Gasteiger partial charge in [0.25, 0.3) is 0 Å². The van der Waals surface area contributed by atoms with Crippen molar-refractivity contribution in [2.24, 2.45) is 10.9 Å². The van der Waals surface area contributed by atoms with E-state index in [9.17, 15) is 0 Å². The molecule has 6 heteroatoms. The number of aliphatic imine (C=N–C) groups is 1. The molecule has 29 heavy (non-hydrogen) atoms. The van der Waals surface area contributed by atoms with E-state index in [1.54, 1.807) is 7.11 Å². The van der Waals surface area contributed by atoms with Gasteiger partial charge in [0, 0.05) is 59.0 Å². The molecule has 2 saturated heterocycles. The fourth-order valence-electron chi connectivity index (χ4n) is 4.15. The van der Waals surface area contributed by atoms with Crippen LogP contribution in [0.4, 0.5) is 0 Å². The molecule has 2 aliphatic heterocycles. The zero-order valence-corrected chi connectivity index (χ0v) is 18.0. The van der Waals surface area contributed by atoms with Crippen LogP contribution in [0.1, 0.15) is 44.3 Å². The van der Waals surface area contributed by atoms with Crippen molar-refractivity contribution in [2.45, 2.75) is 44.8 Å². The fraction of sp³-hybridized carbons (Fsp3) is 0.696. The molecule has 3 rings (SSSR count). The highest BCUT2D eigenvalue weighted by molar-refractivity contribution is 5.80. The number of benzene rings is 1. The highest BCUT2D eigenvalue weighted by Gasteiger charge is 2.30. The summed E-state index contributed by atoms with van der Waals surface area (Å²) in [5.74, 6) is 1.47. The molecule has 0 aliphatic carbocycles. The molecule has 0 amide bonds. The van der Waals surface area contributed by atoms with Gasteiger partial charge >= 0.3 is 0 Å². The first-order chi connectivity index (χ1) is 14.3. The van der Waals surface area contributed by atoms with Gasteiger partial charge in [-0.1, -0.05) is 30.3 Å². The van der Waals surface area contributed by atoms with Gasteiger partial charge in [-0.2, -0.15) is 0 Å². The first-order valence-electron chi connectivity index (χ1n) is 11.1. The molecule has 2 unspecified atom stereocenters. The topological polar surface area (TPSA) is 55.3 Å². The van der Waals surface area contributed by atoms with Gasteiger partial charge in [-0.25, -0.2) is 0 Å². The zero-order chi connectivity index (χ0) is 20.3. The summed E-state index contributed by atoms with van der Waals surface area (Å²) in [6.07, 6.45) is 4.66. The lowest BCUT2D eigenvalue weighted by atomic mass is 9.95. The molecule has 1 N–H and O–H groups in total. The summed E-state index contributed by atoms with van der Waals surface area (Å²) in [7, 11) is 1.74. The first-order valence-corrected chi connectivity index (χ1v) is 11.1. The van der Waals surface area contributed by atoms with E-state index in [1.165, 1.54) is 5.56 Å². The lowest BCUT2D eigenvalue weighted by Gasteiger charge is -2.34. The molecule has 0 aromatic heterocycles. The number of guanidine groups is 1. The second-order valence-electron chi connectivity index (χ2n) is 7.85. The Bertz CT molecular complexity index is 603. The maximum absolute atomic E-state index is 6.03. The minimum atomic E-state index is 0.161. The van der Waals surface area contributed by atoms with E-state index in [-0.39, 0.29) is 6.10 Å². The van der Waals surface area contributed by atoms with Gasteiger partial charge in [0.2, 0.25) is 0 Å². The third-order valence-corrected chi connectivity index (χ3v) is 5.74. The lowest BCUT2D eigenvalue weighted by Crippen LogP contribution is -2.47. The highest BCUT2D eigenvalue weighted by atomic mass is 16.5. The Kier molecular flexibility index (Phi) is 9.25. The number of nitrogens with zero attached hydrogens (tertiary/aromatic N) is 2. The standard InChI is InChI=1S/C23H37N3O3/c1-3-24-23(26-13-10-21(11-14-26)28-16-7-15-27-2)25-18-20-12-17-29-22(20)19-8-5-4-6-9-19/h4-6,8-9,20-22H,3,7,10-18H2,1-2H3,(H,24,25). The second kappa shape index (κ2) is 12.2. The van der Waals surface area contributed by atoms with E-state index in [1.807, 2.05) is 0 Å². The summed E-state index contributed by atoms with van der Waals surface area (Å²) >= 11 is 0. The molecule has 2 atom stereocenters. The molecule has 0 saturated carbocycles. The fourth-order valence-corrected chi connectivity index (χ4v) is 4.15. The Morgan fingerprint density at radius 1 is 1.17 bits per heavy atom. The Morgan fingerprint density at radius 3 is 2.69 bits per heavy atom. The molecule has 6 nitrogen and oxygen atoms in total. The molecule has 2 aliphatic rings. The van der Waals surface area contributed by atoms with E-state index in [0.29, 0.717) is 12.0 Å². The number of methoxy groups -OCH3 is 1. The van der Waals surface area contributed by atoms with Crippen LogP contribution in [-0.4, -0.2) is 70.1 Å². The minimum Gasteiger partial charge on any atom is -0.385 e. The average molecular weight is 404 g/mol. The number of piperidine rings is 1. The Hall–Kier alpha value is -1.63. The summed E-state index contributed by atoms with van der Waals surface area (Å²) in [6, 6.07) is 10.6. The largest absolute Gasteiger partial charge is 0.385 e. The molecule has 2 heterocycles. The predicted molar refractivity (Wildman–Crippen MR) is 116 cm³/mol. The maximum Gasteiger partial charge on any atom is 0.193 e. The molecular formula is C23H37N3O3. The van der Waals surface area contributed by atoms with E-state index in [4.69, 9.17) is 19.2 Å². The predicted octanol–water partition coefficient (Wildman–Crippen LogP) is 3.25. The van der Waals surface area contributed by atoms with Crippen LogP contribution in [0.3, 0.4) is 0 Å². The third kappa shape index (κ3) is 6.69. The summed E-state index contributed by atoms with van der Waals surface area (Å²) in [5, 5.41) is 3.48. The lowest BCUT2D eigenvalue weighted by molar-refractivity contribution is 0.00988. The normalized spacial score (nSPS) is 23.5. The van der Waals surface area contributed by atoms with Gasteiger partial charge in [-0.15, -0.1) is 0 Å². The van der Waals surface area contributed by atoms with Crippen molar-refractivity contribution in [1.82, 2.24) is 10.2 Å². The van der Waals surface area contributed by atoms with Crippen molar-refractivity contribution in [2.75, 3.05) is 53.1 Å². The molecular weight excluding hydrogens is 366 g/mol. The van der Waals surface area contributed by atoms with Crippen LogP contribution in [0.25, 0.3) is 0 Å². The number of ether oxygens (including phenoxy) is 3. The Morgan fingerprint density at radius 2 is 1.97 bits per heavy atom. The van der Waals surface area contributed by atoms with Crippen LogP contribution >= 0.6 is 0 Å². The van der Waals surface area contributed by atoms with Crippen LogP contribution in [0.2, 0.25) is 0 Å². The van der Waals surface area contributed by atoms with E-state index >= 15 is 0 Å². The number of hydrogen-bond acceptors (Lipinski definition) is 4. The second-order valence-corrected chi connectivity index (χ2v) is 7.85. The van der Waals surface area contributed by atoms with Crippen LogP contribution in [0.15, 0.2) is 35.3 Å². The SMILES string of the molecule is CCNC(=NCC1CCOC1c1ccccc1)N1CCC(OCCCOC)CC1. The average Bonchev–Trinajstić information content (AvgIpc) is 3.24. The van der Waals surface area contributed by atoms with Crippen molar-refractivity contribution < 1.29 is 14.2 Å². The maximum atomic E-state index is 6.03. The van der Waals surface area contributed by atoms with Crippen LogP contribution < -0.4 is 5.32 Å². The number of rotatable bonds is 9. The van der Waals surface area contributed by atoms with E-state index < -0.39 is 0 Å². The first kappa shape index (κ1) is 22.1. The minimum absolute atomic E-state index is 0.161. The quantitative estimate of drug-likeness (QED) is 0.390. The molecule has 0 bridgehead atoms. The number of nitrogens with one attached hydrogen (secondary N) is 1. The van der Waals surface area contributed by atoms with Gasteiger partial charge in [0.05, 0.1) is 12.2 Å². The number of likely N-dealkylation sites (tertiary alicyclic amines) is 1. The summed E-state index contributed by atoms with van der Waals surface area (Å²) in [5.41, 5.74) is 1.27. The molecule has 1 aromatic rings. The molecule has 2 fully saturated rings. The summed E-state index contributed by atoms with van der Waals surface area (Å²) in [6.45, 7) is 8.17. The highest BCUT2D eigenvalue weighted by Crippen LogP contribution is 2.34. The summed E-state index contributed by atoms with van der Waals surface area (Å²) < 4.78 is 17.1. The van der Waals surface area contributed by atoms with E-state index in [2.05, 4.69) is 47.5 Å². The summed E-state index contributed by atoms with van der Waals surface area (Å²) in [4.78, 5) is 7.38. The van der Waals surface area contributed by atoms with Gasteiger partial charge in [0.15, 0.2) is 5.96 Å². The zero-order valence-electron chi connectivity index (χ0n) is 18.0. The molecule has 0 spiro atoms. The molecule has 162 valence electrons. The molecule has 0 radical (unpaired) electrons. The third-order valence-electron chi connectivity index (χ3n) is 5.74. The van der Waals surface area contributed by atoms with Crippen molar-refractivity contribution >= 4 is 5.96 Å². The van der Waals surface area contributed by atoms with Gasteiger partial charge in [-0.05, 0) is 38.2 Å². The van der Waals surface area contributed by atoms with Gasteiger partial charge in [0.1, 0.15) is 0 Å². The van der Waals surface area contributed by atoms with Gasteiger partial charge < -0.3 is 24.4 Å². The van der Waals surface area contributed by atoms with Crippen molar-refractivity contribution in [3.63, 3.8) is 0 Å². The monoisotopic (exact) mass is 403 g/mol. The number of hydrogen-bond donors (Lipinski definition) is 1. The van der Waals surface area contributed by atoms with Crippen LogP contribution in [0.5, 0.6) is 0 Å². The van der Waals surface area contributed by atoms with E-state index in [0.717, 1.165) is 77.6 Å². The van der Waals surface area contributed by atoms with Crippen LogP contribution in [-0.2, 0) is 14.2 Å². The molecule has 1 aromatic carbocycles. The Balaban J connectivity index is 1.51. The smallest absolute Gasteiger partial charge is 0.193 e. The van der Waals surface area contributed by atoms with Crippen molar-refractivity contribution in [3.8, 4) is 0 Å². The van der Waals surface area contributed by atoms with Gasteiger partial charge in [-0.3, -0.25) is 4.99 Å². The van der Waals surface area contributed by atoms with Crippen molar-refractivity contribution in [1.29, 1.82) is 0 Å². The van der Waals surface area contributed by atoms with Crippen molar-refractivity contribution in [3.05, 3.63) is 35.9 Å². The Labute approximate surface area is 175 Å². The van der Waals surface area contributed by atoms with Crippen LogP contribution in [0, 0.1) is 5.92 Å².